The van der Waals surface area contributed by atoms with Crippen LogP contribution >= 0.6 is 0 Å². The van der Waals surface area contributed by atoms with Gasteiger partial charge in [0.15, 0.2) is 0 Å². The number of nitrogens with zero attached hydrogens (tertiary/aromatic N) is 1. The van der Waals surface area contributed by atoms with Crippen LogP contribution in [0.4, 0.5) is 5.69 Å². The van der Waals surface area contributed by atoms with Crippen LogP contribution in [0.25, 0.3) is 11.3 Å². The molecular weight excluding hydrogens is 480 g/mol. The molecule has 3 aromatic carbocycles. The fourth-order valence-electron chi connectivity index (χ4n) is 4.63. The van der Waals surface area contributed by atoms with E-state index in [0.29, 0.717) is 54.4 Å². The van der Waals surface area contributed by atoms with Gasteiger partial charge in [0, 0.05) is 54.4 Å². The highest BCUT2D eigenvalue weighted by atomic mass is 16.5. The largest absolute Gasteiger partial charge is 0.497 e. The third-order valence-corrected chi connectivity index (χ3v) is 6.71. The molecule has 0 aliphatic carbocycles. The molecule has 0 fully saturated rings. The first-order valence-corrected chi connectivity index (χ1v) is 12.6. The van der Waals surface area contributed by atoms with Crippen LogP contribution in [-0.2, 0) is 24.2 Å². The van der Waals surface area contributed by atoms with Crippen molar-refractivity contribution in [1.82, 2.24) is 4.90 Å². The van der Waals surface area contributed by atoms with Gasteiger partial charge in [-0.05, 0) is 42.3 Å². The maximum absolute atomic E-state index is 12.9. The number of ether oxygens (including phenoxy) is 2. The molecule has 1 aromatic heterocycles. The number of carbonyl (C=O) groups is 2. The van der Waals surface area contributed by atoms with E-state index in [-0.39, 0.29) is 11.8 Å². The molecule has 7 heteroatoms. The number of furan rings is 1. The van der Waals surface area contributed by atoms with Gasteiger partial charge in [-0.1, -0.05) is 42.5 Å². The average molecular weight is 511 g/mol. The van der Waals surface area contributed by atoms with E-state index in [1.54, 1.807) is 32.4 Å². The maximum atomic E-state index is 12.9. The standard InChI is InChI=1S/C31H30N2O5/c1-36-26-16-23(17-27(19-26)37-2)31(35)32-25-10-6-9-22(15-25)29-18-24-20-33(14-13-28(24)38-29)30(34)12-11-21-7-4-3-5-8-21/h3-10,15-19H,11-14,20H2,1-2H3,(H,32,35). The van der Waals surface area contributed by atoms with Gasteiger partial charge < -0.3 is 24.1 Å². The number of amides is 2. The summed E-state index contributed by atoms with van der Waals surface area (Å²) in [5.41, 5.74) is 4.11. The zero-order valence-electron chi connectivity index (χ0n) is 21.5. The quantitative estimate of drug-likeness (QED) is 0.327. The second-order valence-corrected chi connectivity index (χ2v) is 9.25. The lowest BCUT2D eigenvalue weighted by molar-refractivity contribution is -0.132. The Bertz CT molecular complexity index is 1420. The summed E-state index contributed by atoms with van der Waals surface area (Å²) < 4.78 is 16.7. The molecule has 0 saturated carbocycles. The first-order chi connectivity index (χ1) is 18.5. The van der Waals surface area contributed by atoms with E-state index in [1.807, 2.05) is 65.6 Å². The fraction of sp³-hybridized carbons (Fsp3) is 0.226. The van der Waals surface area contributed by atoms with Gasteiger partial charge in [-0.15, -0.1) is 0 Å². The normalized spacial score (nSPS) is 12.5. The molecule has 0 unspecified atom stereocenters. The van der Waals surface area contributed by atoms with Gasteiger partial charge in [0.2, 0.25) is 5.91 Å². The summed E-state index contributed by atoms with van der Waals surface area (Å²) >= 11 is 0. The van der Waals surface area contributed by atoms with Gasteiger partial charge in [-0.3, -0.25) is 9.59 Å². The zero-order chi connectivity index (χ0) is 26.5. The van der Waals surface area contributed by atoms with E-state index in [1.165, 1.54) is 5.56 Å². The highest BCUT2D eigenvalue weighted by Crippen LogP contribution is 2.31. The van der Waals surface area contributed by atoms with Crippen LogP contribution in [-0.4, -0.2) is 37.5 Å². The number of methoxy groups -OCH3 is 2. The Morgan fingerprint density at radius 3 is 2.42 bits per heavy atom. The second kappa shape index (κ2) is 11.3. The topological polar surface area (TPSA) is 81.0 Å². The Morgan fingerprint density at radius 2 is 1.68 bits per heavy atom. The molecule has 0 atom stereocenters. The van der Waals surface area contributed by atoms with E-state index in [2.05, 4.69) is 5.32 Å². The molecule has 5 rings (SSSR count). The zero-order valence-corrected chi connectivity index (χ0v) is 21.5. The van der Waals surface area contributed by atoms with Crippen molar-refractivity contribution in [2.24, 2.45) is 0 Å². The maximum Gasteiger partial charge on any atom is 0.255 e. The van der Waals surface area contributed by atoms with Crippen LogP contribution in [0.5, 0.6) is 11.5 Å². The molecule has 2 amide bonds. The number of benzene rings is 3. The van der Waals surface area contributed by atoms with Crippen LogP contribution in [0, 0.1) is 0 Å². The number of hydrogen-bond acceptors (Lipinski definition) is 5. The van der Waals surface area contributed by atoms with Crippen molar-refractivity contribution in [3.63, 3.8) is 0 Å². The number of nitrogens with one attached hydrogen (secondary N) is 1. The van der Waals surface area contributed by atoms with Crippen molar-refractivity contribution in [2.45, 2.75) is 25.8 Å². The number of carbonyl (C=O) groups excluding carboxylic acids is 2. The van der Waals surface area contributed by atoms with Crippen molar-refractivity contribution >= 4 is 17.5 Å². The monoisotopic (exact) mass is 510 g/mol. The van der Waals surface area contributed by atoms with Crippen molar-refractivity contribution in [3.8, 4) is 22.8 Å². The SMILES string of the molecule is COc1cc(OC)cc(C(=O)Nc2cccc(-c3cc4c(o3)CCN(C(=O)CCc3ccccc3)C4)c2)c1. The predicted octanol–water partition coefficient (Wildman–Crippen LogP) is 5.73. The first kappa shape index (κ1) is 25.1. The minimum atomic E-state index is -0.275. The molecule has 1 aliphatic rings. The summed E-state index contributed by atoms with van der Waals surface area (Å²) in [5.74, 6) is 2.58. The molecule has 4 aromatic rings. The third kappa shape index (κ3) is 5.72. The van der Waals surface area contributed by atoms with Gasteiger partial charge in [0.25, 0.3) is 5.91 Å². The highest BCUT2D eigenvalue weighted by molar-refractivity contribution is 6.05. The van der Waals surface area contributed by atoms with Gasteiger partial charge in [-0.25, -0.2) is 0 Å². The summed E-state index contributed by atoms with van der Waals surface area (Å²) in [5, 5.41) is 2.94. The number of aryl methyl sites for hydroxylation is 1. The fourth-order valence-corrected chi connectivity index (χ4v) is 4.63. The smallest absolute Gasteiger partial charge is 0.255 e. The van der Waals surface area contributed by atoms with Gasteiger partial charge in [-0.2, -0.15) is 0 Å². The van der Waals surface area contributed by atoms with E-state index < -0.39 is 0 Å². The molecular formula is C31H30N2O5. The third-order valence-electron chi connectivity index (χ3n) is 6.71. The molecule has 194 valence electrons. The van der Waals surface area contributed by atoms with Gasteiger partial charge >= 0.3 is 0 Å². The molecule has 1 aliphatic heterocycles. The lowest BCUT2D eigenvalue weighted by Gasteiger charge is -2.26. The minimum Gasteiger partial charge on any atom is -0.497 e. The number of rotatable bonds is 8. The van der Waals surface area contributed by atoms with E-state index in [9.17, 15) is 9.59 Å². The Labute approximate surface area is 222 Å². The van der Waals surface area contributed by atoms with Crippen molar-refractivity contribution in [1.29, 1.82) is 0 Å². The van der Waals surface area contributed by atoms with E-state index in [4.69, 9.17) is 13.9 Å². The first-order valence-electron chi connectivity index (χ1n) is 12.6. The Balaban J connectivity index is 1.26. The molecule has 0 radical (unpaired) electrons. The average Bonchev–Trinajstić information content (AvgIpc) is 3.40. The number of anilines is 1. The van der Waals surface area contributed by atoms with E-state index >= 15 is 0 Å². The molecule has 7 nitrogen and oxygen atoms in total. The van der Waals surface area contributed by atoms with Crippen LogP contribution in [0.1, 0.15) is 33.7 Å². The number of fused-ring (bicyclic) bond motifs is 1. The van der Waals surface area contributed by atoms with Crippen molar-refractivity contribution in [2.75, 3.05) is 26.1 Å². The van der Waals surface area contributed by atoms with Gasteiger partial charge in [0.1, 0.15) is 23.0 Å². The predicted molar refractivity (Wildman–Crippen MR) is 146 cm³/mol. The summed E-state index contributed by atoms with van der Waals surface area (Å²) in [6, 6.07) is 24.6. The van der Waals surface area contributed by atoms with E-state index in [0.717, 1.165) is 23.3 Å². The van der Waals surface area contributed by atoms with Crippen LogP contribution in [0.3, 0.4) is 0 Å². The second-order valence-electron chi connectivity index (χ2n) is 9.25. The van der Waals surface area contributed by atoms with Crippen LogP contribution in [0.2, 0.25) is 0 Å². The van der Waals surface area contributed by atoms with Crippen molar-refractivity contribution in [3.05, 3.63) is 101 Å². The highest BCUT2D eigenvalue weighted by Gasteiger charge is 2.24. The molecule has 1 N–H and O–H groups in total. The Hall–Kier alpha value is -4.52. The molecule has 0 spiro atoms. The summed E-state index contributed by atoms with van der Waals surface area (Å²) in [6.45, 7) is 1.19. The van der Waals surface area contributed by atoms with Crippen LogP contribution < -0.4 is 14.8 Å². The lowest BCUT2D eigenvalue weighted by Crippen LogP contribution is -2.35. The number of hydrogen-bond donors (Lipinski definition) is 1. The van der Waals surface area contributed by atoms with Gasteiger partial charge in [0.05, 0.1) is 14.2 Å². The summed E-state index contributed by atoms with van der Waals surface area (Å²) in [7, 11) is 3.09. The van der Waals surface area contributed by atoms with Crippen molar-refractivity contribution < 1.29 is 23.5 Å². The lowest BCUT2D eigenvalue weighted by atomic mass is 10.1. The van der Waals surface area contributed by atoms with Crippen LogP contribution in [0.15, 0.2) is 83.3 Å². The molecule has 2 heterocycles. The summed E-state index contributed by atoms with van der Waals surface area (Å²) in [4.78, 5) is 27.7. The molecule has 0 saturated heterocycles. The Morgan fingerprint density at radius 1 is 0.921 bits per heavy atom. The molecule has 38 heavy (non-hydrogen) atoms. The Kier molecular flexibility index (Phi) is 7.45. The molecule has 0 bridgehead atoms. The minimum absolute atomic E-state index is 0.154. The summed E-state index contributed by atoms with van der Waals surface area (Å²) in [6.07, 6.45) is 1.91.